The van der Waals surface area contributed by atoms with Crippen LogP contribution in [-0.4, -0.2) is 12.1 Å². The van der Waals surface area contributed by atoms with Crippen molar-refractivity contribution >= 4 is 27.5 Å². The Balaban J connectivity index is 2.88. The van der Waals surface area contributed by atoms with Crippen molar-refractivity contribution in [2.75, 3.05) is 0 Å². The molecule has 0 radical (unpaired) electrons. The molecule has 17 heavy (non-hydrogen) atoms. The summed E-state index contributed by atoms with van der Waals surface area (Å²) in [5, 5.41) is 1.48. The van der Waals surface area contributed by atoms with E-state index in [-0.39, 0.29) is 5.56 Å². The van der Waals surface area contributed by atoms with Gasteiger partial charge in [0.1, 0.15) is 5.82 Å². The van der Waals surface area contributed by atoms with Gasteiger partial charge in [0.2, 0.25) is 0 Å². The fourth-order valence-corrected chi connectivity index (χ4v) is 1.34. The lowest BCUT2D eigenvalue weighted by Gasteiger charge is -2.11. The van der Waals surface area contributed by atoms with Crippen molar-refractivity contribution in [2.45, 2.75) is 6.18 Å². The van der Waals surface area contributed by atoms with Crippen molar-refractivity contribution < 1.29 is 22.4 Å². The van der Waals surface area contributed by atoms with Gasteiger partial charge >= 0.3 is 12.1 Å². The summed E-state index contributed by atoms with van der Waals surface area (Å²) in [4.78, 5) is 10.6. The fraction of sp³-hybridized carbons (Fsp3) is 0.100. The molecule has 0 aliphatic carbocycles. The molecule has 0 aromatic heterocycles. The Labute approximate surface area is 102 Å². The van der Waals surface area contributed by atoms with Crippen LogP contribution in [0.25, 0.3) is 5.70 Å². The first kappa shape index (κ1) is 13.7. The van der Waals surface area contributed by atoms with E-state index in [0.717, 1.165) is 6.07 Å². The third-order valence-electron chi connectivity index (χ3n) is 1.78. The van der Waals surface area contributed by atoms with Crippen molar-refractivity contribution in [1.82, 2.24) is 5.32 Å². The van der Waals surface area contributed by atoms with E-state index in [4.69, 9.17) is 0 Å². The number of amides is 1. The molecule has 0 heterocycles. The number of carbonyl (C=O) groups excluding carboxylic acids is 1. The Hall–Kier alpha value is -1.37. The molecule has 2 nitrogen and oxygen atoms in total. The molecular formula is C10H6BrF4NO. The second-order valence-corrected chi connectivity index (χ2v) is 3.97. The number of hydrogen-bond donors (Lipinski definition) is 1. The minimum Gasteiger partial charge on any atom is -0.318 e. The van der Waals surface area contributed by atoms with E-state index in [0.29, 0.717) is 4.47 Å². The summed E-state index contributed by atoms with van der Waals surface area (Å²) in [6.07, 6.45) is -5.03. The predicted octanol–water partition coefficient (Wildman–Crippen LogP) is 3.24. The van der Waals surface area contributed by atoms with Gasteiger partial charge in [0.15, 0.2) is 0 Å². The summed E-state index contributed by atoms with van der Waals surface area (Å²) >= 11 is 2.99. The number of nitrogens with one attached hydrogen (secondary N) is 1. The zero-order valence-electron chi connectivity index (χ0n) is 8.24. The van der Waals surface area contributed by atoms with Gasteiger partial charge in [-0.3, -0.25) is 4.79 Å². The van der Waals surface area contributed by atoms with Crippen LogP contribution in [0, 0.1) is 5.82 Å². The topological polar surface area (TPSA) is 29.1 Å². The highest BCUT2D eigenvalue weighted by molar-refractivity contribution is 9.10. The zero-order chi connectivity index (χ0) is 13.2. The van der Waals surface area contributed by atoms with Gasteiger partial charge in [0.05, 0.1) is 0 Å². The number of benzene rings is 1. The molecule has 0 aliphatic rings. The van der Waals surface area contributed by atoms with Crippen molar-refractivity contribution in [3.8, 4) is 0 Å². The maximum absolute atomic E-state index is 13.3. The monoisotopic (exact) mass is 311 g/mol. The molecule has 0 aliphatic heterocycles. The first-order valence-corrected chi connectivity index (χ1v) is 5.03. The highest BCUT2D eigenvalue weighted by Gasteiger charge is 2.39. The molecule has 1 aromatic rings. The first-order chi connectivity index (χ1) is 7.71. The van der Waals surface area contributed by atoms with Crippen LogP contribution in [0.1, 0.15) is 5.56 Å². The van der Waals surface area contributed by atoms with Crippen molar-refractivity contribution in [3.63, 3.8) is 0 Å². The van der Waals surface area contributed by atoms with Crippen LogP contribution in [0.3, 0.4) is 0 Å². The maximum Gasteiger partial charge on any atom is 0.471 e. The van der Waals surface area contributed by atoms with Crippen molar-refractivity contribution in [3.05, 3.63) is 40.6 Å². The quantitative estimate of drug-likeness (QED) is 0.835. The Morgan fingerprint density at radius 3 is 2.41 bits per heavy atom. The van der Waals surface area contributed by atoms with E-state index in [2.05, 4.69) is 22.5 Å². The standard InChI is InChI=1S/C10H6BrF4NO/c1-5(16-9(17)10(13,14)15)7-3-2-6(11)4-8(7)12/h2-4H,1H2,(H,16,17). The smallest absolute Gasteiger partial charge is 0.318 e. The molecule has 0 fully saturated rings. The second-order valence-electron chi connectivity index (χ2n) is 3.05. The van der Waals surface area contributed by atoms with E-state index in [1.165, 1.54) is 17.4 Å². The minimum absolute atomic E-state index is 0.203. The molecule has 0 bridgehead atoms. The molecule has 1 aromatic carbocycles. The van der Waals surface area contributed by atoms with E-state index >= 15 is 0 Å². The molecular weight excluding hydrogens is 306 g/mol. The summed E-state index contributed by atoms with van der Waals surface area (Å²) in [5.41, 5.74) is -0.650. The van der Waals surface area contributed by atoms with Crippen LogP contribution in [0.2, 0.25) is 0 Å². The summed E-state index contributed by atoms with van der Waals surface area (Å²) in [7, 11) is 0. The molecule has 92 valence electrons. The van der Waals surface area contributed by atoms with E-state index in [1.54, 1.807) is 0 Å². The SMILES string of the molecule is C=C(NC(=O)C(F)(F)F)c1ccc(Br)cc1F. The van der Waals surface area contributed by atoms with Gasteiger partial charge in [0, 0.05) is 15.7 Å². The maximum atomic E-state index is 13.3. The van der Waals surface area contributed by atoms with E-state index in [1.807, 2.05) is 0 Å². The third-order valence-corrected chi connectivity index (χ3v) is 2.27. The summed E-state index contributed by atoms with van der Waals surface area (Å²) in [5.74, 6) is -2.98. The molecule has 1 rings (SSSR count). The fourth-order valence-electron chi connectivity index (χ4n) is 1.01. The van der Waals surface area contributed by atoms with Crippen LogP contribution < -0.4 is 5.32 Å². The molecule has 0 saturated heterocycles. The Kier molecular flexibility index (Phi) is 3.92. The molecule has 0 spiro atoms. The predicted molar refractivity (Wildman–Crippen MR) is 57.3 cm³/mol. The largest absolute Gasteiger partial charge is 0.471 e. The lowest BCUT2D eigenvalue weighted by Crippen LogP contribution is -2.35. The van der Waals surface area contributed by atoms with Crippen LogP contribution in [-0.2, 0) is 4.79 Å². The normalized spacial score (nSPS) is 11.1. The van der Waals surface area contributed by atoms with Crippen LogP contribution in [0.15, 0.2) is 29.3 Å². The van der Waals surface area contributed by atoms with Crippen LogP contribution >= 0.6 is 15.9 Å². The Morgan fingerprint density at radius 1 is 1.35 bits per heavy atom. The van der Waals surface area contributed by atoms with Crippen LogP contribution in [0.4, 0.5) is 17.6 Å². The molecule has 0 saturated carbocycles. The first-order valence-electron chi connectivity index (χ1n) is 4.24. The number of alkyl halides is 3. The Morgan fingerprint density at radius 2 is 1.94 bits per heavy atom. The van der Waals surface area contributed by atoms with E-state index in [9.17, 15) is 22.4 Å². The average molecular weight is 312 g/mol. The number of rotatable bonds is 2. The molecule has 1 N–H and O–H groups in total. The highest BCUT2D eigenvalue weighted by Crippen LogP contribution is 2.21. The molecule has 1 amide bonds. The number of carbonyl (C=O) groups is 1. The minimum atomic E-state index is -5.03. The molecule has 0 unspecified atom stereocenters. The zero-order valence-corrected chi connectivity index (χ0v) is 9.82. The van der Waals surface area contributed by atoms with Gasteiger partial charge in [-0.05, 0) is 18.2 Å². The third kappa shape index (κ3) is 3.55. The second kappa shape index (κ2) is 4.87. The summed E-state index contributed by atoms with van der Waals surface area (Å²) in [6.45, 7) is 3.18. The average Bonchev–Trinajstić information content (AvgIpc) is 2.15. The van der Waals surface area contributed by atoms with Gasteiger partial charge < -0.3 is 5.32 Å². The van der Waals surface area contributed by atoms with Crippen molar-refractivity contribution in [2.24, 2.45) is 0 Å². The van der Waals surface area contributed by atoms with Gasteiger partial charge in [-0.25, -0.2) is 4.39 Å². The lowest BCUT2D eigenvalue weighted by molar-refractivity contribution is -0.172. The summed E-state index contributed by atoms with van der Waals surface area (Å²) in [6, 6.07) is 3.68. The lowest BCUT2D eigenvalue weighted by atomic mass is 10.1. The molecule has 7 heteroatoms. The van der Waals surface area contributed by atoms with Gasteiger partial charge in [-0.2, -0.15) is 13.2 Å². The number of hydrogen-bond acceptors (Lipinski definition) is 1. The van der Waals surface area contributed by atoms with Gasteiger partial charge in [-0.1, -0.05) is 22.5 Å². The number of halogens is 5. The van der Waals surface area contributed by atoms with Gasteiger partial charge in [0.25, 0.3) is 0 Å². The summed E-state index contributed by atoms with van der Waals surface area (Å²) < 4.78 is 49.6. The van der Waals surface area contributed by atoms with Crippen LogP contribution in [0.5, 0.6) is 0 Å². The van der Waals surface area contributed by atoms with E-state index < -0.39 is 23.6 Å². The highest BCUT2D eigenvalue weighted by atomic mass is 79.9. The Bertz CT molecular complexity index is 470. The molecule has 0 atom stereocenters. The van der Waals surface area contributed by atoms with Gasteiger partial charge in [-0.15, -0.1) is 0 Å². The van der Waals surface area contributed by atoms with Crippen molar-refractivity contribution in [1.29, 1.82) is 0 Å².